The average Bonchev–Trinajstić information content (AvgIpc) is 2.78. The smallest absolute Gasteiger partial charge is 0.234 e. The molecule has 0 radical (unpaired) electrons. The van der Waals surface area contributed by atoms with Crippen molar-refractivity contribution < 1.29 is 4.79 Å². The maximum absolute atomic E-state index is 12.2. The summed E-state index contributed by atoms with van der Waals surface area (Å²) in [5.74, 6) is 6.88. The number of amides is 1. The average molecular weight is 319 g/mol. The maximum atomic E-state index is 12.2. The van der Waals surface area contributed by atoms with Crippen molar-refractivity contribution in [1.29, 1.82) is 0 Å². The summed E-state index contributed by atoms with van der Waals surface area (Å²) in [7, 11) is 0. The summed E-state index contributed by atoms with van der Waals surface area (Å²) >= 11 is 1.27. The summed E-state index contributed by atoms with van der Waals surface area (Å²) in [6.45, 7) is 7.98. The number of nitrogens with zero attached hydrogens (tertiary/aromatic N) is 3. The fourth-order valence-corrected chi connectivity index (χ4v) is 2.80. The highest BCUT2D eigenvalue weighted by Gasteiger charge is 2.14. The minimum atomic E-state index is -0.0816. The predicted molar refractivity (Wildman–Crippen MR) is 89.5 cm³/mol. The summed E-state index contributed by atoms with van der Waals surface area (Å²) in [4.78, 5) is 12.2. The molecule has 118 valence electrons. The van der Waals surface area contributed by atoms with Gasteiger partial charge in [-0.1, -0.05) is 43.8 Å². The zero-order valence-electron chi connectivity index (χ0n) is 13.3. The van der Waals surface area contributed by atoms with Crippen LogP contribution in [0.3, 0.4) is 0 Å². The van der Waals surface area contributed by atoms with Crippen LogP contribution in [-0.4, -0.2) is 26.5 Å². The number of hydrogen-bond donors (Lipinski definition) is 2. The Morgan fingerprint density at radius 2 is 2.09 bits per heavy atom. The van der Waals surface area contributed by atoms with E-state index < -0.39 is 0 Å². The van der Waals surface area contributed by atoms with Crippen molar-refractivity contribution >= 4 is 23.4 Å². The molecule has 2 rings (SSSR count). The van der Waals surface area contributed by atoms with Crippen molar-refractivity contribution in [3.05, 3.63) is 35.2 Å². The van der Waals surface area contributed by atoms with Gasteiger partial charge in [0.05, 0.1) is 5.75 Å². The Balaban J connectivity index is 2.05. The first-order chi connectivity index (χ1) is 10.4. The van der Waals surface area contributed by atoms with Crippen LogP contribution >= 0.6 is 11.8 Å². The minimum absolute atomic E-state index is 0.0816. The second kappa shape index (κ2) is 6.83. The van der Waals surface area contributed by atoms with Crippen LogP contribution in [0.4, 0.5) is 5.69 Å². The van der Waals surface area contributed by atoms with E-state index in [1.54, 1.807) is 6.92 Å². The van der Waals surface area contributed by atoms with Gasteiger partial charge in [0.25, 0.3) is 0 Å². The molecule has 1 aromatic carbocycles. The van der Waals surface area contributed by atoms with Crippen LogP contribution in [0, 0.1) is 13.8 Å². The molecule has 7 heteroatoms. The molecule has 1 amide bonds. The number of anilines is 1. The van der Waals surface area contributed by atoms with E-state index >= 15 is 0 Å². The van der Waals surface area contributed by atoms with Crippen molar-refractivity contribution in [2.24, 2.45) is 0 Å². The Morgan fingerprint density at radius 1 is 1.36 bits per heavy atom. The fourth-order valence-electron chi connectivity index (χ4n) is 2.10. The molecule has 0 saturated heterocycles. The molecule has 0 aliphatic rings. The summed E-state index contributed by atoms with van der Waals surface area (Å²) in [6, 6.07) is 6.05. The molecule has 6 nitrogen and oxygen atoms in total. The first kappa shape index (κ1) is 16.4. The van der Waals surface area contributed by atoms with Crippen molar-refractivity contribution in [2.45, 2.75) is 38.8 Å². The highest BCUT2D eigenvalue weighted by Crippen LogP contribution is 2.27. The molecule has 0 bridgehead atoms. The zero-order chi connectivity index (χ0) is 16.3. The highest BCUT2D eigenvalue weighted by molar-refractivity contribution is 7.99. The van der Waals surface area contributed by atoms with E-state index in [1.165, 1.54) is 16.4 Å². The van der Waals surface area contributed by atoms with Gasteiger partial charge in [-0.2, -0.15) is 0 Å². The fraction of sp³-hybridized carbons (Fsp3) is 0.400. The summed E-state index contributed by atoms with van der Waals surface area (Å²) < 4.78 is 1.38. The molecule has 22 heavy (non-hydrogen) atoms. The van der Waals surface area contributed by atoms with Crippen LogP contribution in [-0.2, 0) is 4.79 Å². The Hall–Kier alpha value is -2.02. The van der Waals surface area contributed by atoms with E-state index in [4.69, 9.17) is 5.84 Å². The van der Waals surface area contributed by atoms with Crippen LogP contribution < -0.4 is 11.2 Å². The first-order valence-electron chi connectivity index (χ1n) is 7.09. The number of nitrogens with one attached hydrogen (secondary N) is 1. The quantitative estimate of drug-likeness (QED) is 0.653. The Kier molecular flexibility index (Phi) is 5.07. The molecule has 3 N–H and O–H groups in total. The van der Waals surface area contributed by atoms with Gasteiger partial charge in [-0.05, 0) is 30.9 Å². The highest BCUT2D eigenvalue weighted by atomic mass is 32.2. The number of carbonyl (C=O) groups is 1. The van der Waals surface area contributed by atoms with E-state index in [2.05, 4.69) is 29.4 Å². The molecule has 0 saturated carbocycles. The van der Waals surface area contributed by atoms with Crippen LogP contribution in [0.25, 0.3) is 0 Å². The van der Waals surface area contributed by atoms with E-state index in [1.807, 2.05) is 25.1 Å². The predicted octanol–water partition coefficient (Wildman–Crippen LogP) is 2.46. The topological polar surface area (TPSA) is 85.8 Å². The van der Waals surface area contributed by atoms with E-state index in [9.17, 15) is 4.79 Å². The van der Waals surface area contributed by atoms with Gasteiger partial charge in [-0.3, -0.25) is 4.79 Å². The number of carbonyl (C=O) groups excluding carboxylic acids is 1. The summed E-state index contributed by atoms with van der Waals surface area (Å²) in [5, 5.41) is 11.3. The van der Waals surface area contributed by atoms with Crippen LogP contribution in [0.1, 0.15) is 36.7 Å². The van der Waals surface area contributed by atoms with Gasteiger partial charge in [0.1, 0.15) is 5.82 Å². The molecule has 0 unspecified atom stereocenters. The second-order valence-corrected chi connectivity index (χ2v) is 6.37. The van der Waals surface area contributed by atoms with Crippen LogP contribution in [0.15, 0.2) is 23.4 Å². The number of hydrogen-bond acceptors (Lipinski definition) is 5. The van der Waals surface area contributed by atoms with Crippen LogP contribution in [0.5, 0.6) is 0 Å². The molecule has 0 aliphatic carbocycles. The van der Waals surface area contributed by atoms with Gasteiger partial charge in [-0.15, -0.1) is 10.2 Å². The third-order valence-electron chi connectivity index (χ3n) is 3.36. The lowest BCUT2D eigenvalue weighted by Gasteiger charge is -2.16. The lowest BCUT2D eigenvalue weighted by Crippen LogP contribution is -2.18. The van der Waals surface area contributed by atoms with Crippen molar-refractivity contribution in [3.63, 3.8) is 0 Å². The van der Waals surface area contributed by atoms with Gasteiger partial charge < -0.3 is 11.2 Å². The Labute approximate surface area is 134 Å². The number of benzene rings is 1. The van der Waals surface area contributed by atoms with Crippen molar-refractivity contribution in [1.82, 2.24) is 14.9 Å². The Bertz CT molecular complexity index is 681. The number of nitrogens with two attached hydrogens (primary N) is 1. The van der Waals surface area contributed by atoms with Gasteiger partial charge in [0.15, 0.2) is 0 Å². The summed E-state index contributed by atoms with van der Waals surface area (Å²) in [5.41, 5.74) is 3.09. The molecular weight excluding hydrogens is 298 g/mol. The van der Waals surface area contributed by atoms with Gasteiger partial charge in [0, 0.05) is 5.69 Å². The molecule has 1 heterocycles. The molecule has 0 atom stereocenters. The van der Waals surface area contributed by atoms with Gasteiger partial charge in [0.2, 0.25) is 11.1 Å². The van der Waals surface area contributed by atoms with E-state index in [0.717, 1.165) is 16.8 Å². The zero-order valence-corrected chi connectivity index (χ0v) is 14.1. The summed E-state index contributed by atoms with van der Waals surface area (Å²) in [6.07, 6.45) is 0. The van der Waals surface area contributed by atoms with E-state index in [-0.39, 0.29) is 11.7 Å². The lowest BCUT2D eigenvalue weighted by molar-refractivity contribution is -0.113. The SMILES string of the molecule is Cc1cccc(C(C)C)c1NC(=O)CSc1nnc(C)n1N. The maximum Gasteiger partial charge on any atom is 0.234 e. The minimum Gasteiger partial charge on any atom is -0.336 e. The monoisotopic (exact) mass is 319 g/mol. The third kappa shape index (κ3) is 3.59. The van der Waals surface area contributed by atoms with Gasteiger partial charge >= 0.3 is 0 Å². The molecule has 0 spiro atoms. The molecule has 0 aliphatic heterocycles. The molecule has 0 fully saturated rings. The first-order valence-corrected chi connectivity index (χ1v) is 8.08. The van der Waals surface area contributed by atoms with Crippen molar-refractivity contribution in [2.75, 3.05) is 16.9 Å². The largest absolute Gasteiger partial charge is 0.336 e. The molecule has 2 aromatic rings. The number of thioether (sulfide) groups is 1. The second-order valence-electron chi connectivity index (χ2n) is 5.43. The standard InChI is InChI=1S/C15H21N5OS/c1-9(2)12-7-5-6-10(3)14(12)17-13(21)8-22-15-19-18-11(4)20(15)16/h5-7,9H,8,16H2,1-4H3,(H,17,21). The number of aryl methyl sites for hydroxylation is 2. The van der Waals surface area contributed by atoms with Crippen molar-refractivity contribution in [3.8, 4) is 0 Å². The normalized spacial score (nSPS) is 11.0. The lowest BCUT2D eigenvalue weighted by atomic mass is 9.98. The number of aromatic nitrogens is 3. The number of rotatable bonds is 5. The Morgan fingerprint density at radius 3 is 2.68 bits per heavy atom. The molecular formula is C15H21N5OS. The third-order valence-corrected chi connectivity index (χ3v) is 4.30. The van der Waals surface area contributed by atoms with Gasteiger partial charge in [-0.25, -0.2) is 4.68 Å². The number of nitrogen functional groups attached to an aromatic ring is 1. The van der Waals surface area contributed by atoms with E-state index in [0.29, 0.717) is 16.9 Å². The number of para-hydroxylation sites is 1. The van der Waals surface area contributed by atoms with Crippen LogP contribution in [0.2, 0.25) is 0 Å². The molecule has 1 aromatic heterocycles.